The Morgan fingerprint density at radius 3 is 2.52 bits per heavy atom. The van der Waals surface area contributed by atoms with Crippen molar-refractivity contribution >= 4 is 40.0 Å². The molecule has 7 heteroatoms. The third-order valence-electron chi connectivity index (χ3n) is 4.51. The Bertz CT molecular complexity index is 1000. The van der Waals surface area contributed by atoms with Gasteiger partial charge in [0.15, 0.2) is 11.5 Å². The molecule has 2 aromatic carbocycles. The lowest BCUT2D eigenvalue weighted by molar-refractivity contribution is 0.102. The van der Waals surface area contributed by atoms with Crippen LogP contribution in [0.1, 0.15) is 16.1 Å². The second-order valence-corrected chi connectivity index (χ2v) is 6.81. The number of anilines is 2. The number of morpholine rings is 1. The van der Waals surface area contributed by atoms with Gasteiger partial charge in [0, 0.05) is 23.8 Å². The molecular formula is C20H19ClN4O2. The van der Waals surface area contributed by atoms with Crippen molar-refractivity contribution in [2.24, 2.45) is 0 Å². The zero-order valence-electron chi connectivity index (χ0n) is 14.9. The van der Waals surface area contributed by atoms with E-state index in [9.17, 15) is 4.79 Å². The molecule has 0 radical (unpaired) electrons. The lowest BCUT2D eigenvalue weighted by Crippen LogP contribution is -2.38. The normalized spacial score (nSPS) is 14.4. The number of fused-ring (bicyclic) bond motifs is 1. The average molecular weight is 383 g/mol. The van der Waals surface area contributed by atoms with E-state index in [1.165, 1.54) is 0 Å². The van der Waals surface area contributed by atoms with Crippen molar-refractivity contribution in [2.75, 3.05) is 36.5 Å². The molecule has 3 aromatic rings. The van der Waals surface area contributed by atoms with Crippen LogP contribution in [0.3, 0.4) is 0 Å². The lowest BCUT2D eigenvalue weighted by atomic mass is 10.2. The SMILES string of the molecule is Cc1ccc(NC(=O)c2nc3ccccc3nc2N2CCOCC2)cc1Cl. The number of hydrogen-bond donors (Lipinski definition) is 1. The van der Waals surface area contributed by atoms with Gasteiger partial charge in [0.25, 0.3) is 5.91 Å². The predicted octanol–water partition coefficient (Wildman–Crippen LogP) is 3.68. The highest BCUT2D eigenvalue weighted by molar-refractivity contribution is 6.31. The Hall–Kier alpha value is -2.70. The van der Waals surface area contributed by atoms with Crippen molar-refractivity contribution in [1.29, 1.82) is 0 Å². The smallest absolute Gasteiger partial charge is 0.278 e. The van der Waals surface area contributed by atoms with E-state index in [2.05, 4.69) is 10.3 Å². The van der Waals surface area contributed by atoms with Crippen molar-refractivity contribution in [3.8, 4) is 0 Å². The first-order valence-corrected chi connectivity index (χ1v) is 9.16. The number of aromatic nitrogens is 2. The summed E-state index contributed by atoms with van der Waals surface area (Å²) in [6.07, 6.45) is 0. The van der Waals surface area contributed by atoms with Crippen molar-refractivity contribution in [2.45, 2.75) is 6.92 Å². The topological polar surface area (TPSA) is 67.4 Å². The standard InChI is InChI=1S/C20H19ClN4O2/c1-13-6-7-14(12-15(13)21)22-20(26)18-19(25-8-10-27-11-9-25)24-17-5-3-2-4-16(17)23-18/h2-7,12H,8-11H2,1H3,(H,22,26). The first-order valence-electron chi connectivity index (χ1n) is 8.79. The Morgan fingerprint density at radius 2 is 1.81 bits per heavy atom. The van der Waals surface area contributed by atoms with Crippen LogP contribution in [-0.4, -0.2) is 42.2 Å². The Balaban J connectivity index is 1.73. The molecule has 1 saturated heterocycles. The van der Waals surface area contributed by atoms with Crippen LogP contribution in [0.5, 0.6) is 0 Å². The van der Waals surface area contributed by atoms with Crippen molar-refractivity contribution in [3.63, 3.8) is 0 Å². The van der Waals surface area contributed by atoms with Crippen molar-refractivity contribution < 1.29 is 9.53 Å². The molecule has 1 aliphatic rings. The largest absolute Gasteiger partial charge is 0.378 e. The van der Waals surface area contributed by atoms with E-state index in [1.807, 2.05) is 48.2 Å². The Morgan fingerprint density at radius 1 is 1.11 bits per heavy atom. The van der Waals surface area contributed by atoms with Crippen LogP contribution >= 0.6 is 11.6 Å². The van der Waals surface area contributed by atoms with Crippen LogP contribution in [0.2, 0.25) is 5.02 Å². The van der Waals surface area contributed by atoms with Gasteiger partial charge in [-0.15, -0.1) is 0 Å². The monoisotopic (exact) mass is 382 g/mol. The van der Waals surface area contributed by atoms with Gasteiger partial charge in [-0.2, -0.15) is 0 Å². The summed E-state index contributed by atoms with van der Waals surface area (Å²) in [6.45, 7) is 4.46. The van der Waals surface area contributed by atoms with Gasteiger partial charge in [0.05, 0.1) is 24.2 Å². The van der Waals surface area contributed by atoms with Gasteiger partial charge in [-0.1, -0.05) is 29.8 Å². The fraction of sp³-hybridized carbons (Fsp3) is 0.250. The van der Waals surface area contributed by atoms with E-state index in [1.54, 1.807) is 6.07 Å². The fourth-order valence-electron chi connectivity index (χ4n) is 3.00. The molecule has 1 aliphatic heterocycles. The zero-order valence-corrected chi connectivity index (χ0v) is 15.7. The summed E-state index contributed by atoms with van der Waals surface area (Å²) in [4.78, 5) is 24.4. The molecule has 0 spiro atoms. The molecule has 0 unspecified atom stereocenters. The number of carbonyl (C=O) groups excluding carboxylic acids is 1. The number of rotatable bonds is 3. The molecule has 1 fully saturated rings. The van der Waals surface area contributed by atoms with E-state index in [0.717, 1.165) is 11.1 Å². The average Bonchev–Trinajstić information content (AvgIpc) is 2.70. The van der Waals surface area contributed by atoms with Crippen molar-refractivity contribution in [3.05, 3.63) is 58.7 Å². The second kappa shape index (κ2) is 7.50. The summed E-state index contributed by atoms with van der Waals surface area (Å²) < 4.78 is 5.42. The highest BCUT2D eigenvalue weighted by atomic mass is 35.5. The van der Waals surface area contributed by atoms with E-state index >= 15 is 0 Å². The van der Waals surface area contributed by atoms with Gasteiger partial charge >= 0.3 is 0 Å². The molecule has 4 rings (SSSR count). The maximum Gasteiger partial charge on any atom is 0.278 e. The number of aryl methyl sites for hydroxylation is 1. The van der Waals surface area contributed by atoms with Gasteiger partial charge in [0.1, 0.15) is 0 Å². The van der Waals surface area contributed by atoms with Gasteiger partial charge in [0.2, 0.25) is 0 Å². The third kappa shape index (κ3) is 3.72. The van der Waals surface area contributed by atoms with E-state index in [0.29, 0.717) is 54.0 Å². The molecule has 0 bridgehead atoms. The molecule has 0 saturated carbocycles. The number of ether oxygens (including phenoxy) is 1. The predicted molar refractivity (Wildman–Crippen MR) is 107 cm³/mol. The van der Waals surface area contributed by atoms with Crippen molar-refractivity contribution in [1.82, 2.24) is 9.97 Å². The Kier molecular flexibility index (Phi) is 4.92. The molecule has 2 heterocycles. The van der Waals surface area contributed by atoms with Crippen LogP contribution in [0.4, 0.5) is 11.5 Å². The Labute approximate surface area is 162 Å². The molecular weight excluding hydrogens is 364 g/mol. The maximum atomic E-state index is 13.0. The molecule has 0 aliphatic carbocycles. The van der Waals surface area contributed by atoms with Gasteiger partial charge in [-0.3, -0.25) is 4.79 Å². The summed E-state index contributed by atoms with van der Waals surface area (Å²) in [7, 11) is 0. The molecule has 27 heavy (non-hydrogen) atoms. The summed E-state index contributed by atoms with van der Waals surface area (Å²) >= 11 is 6.17. The number of amides is 1. The first-order chi connectivity index (χ1) is 13.1. The van der Waals surface area contributed by atoms with E-state index in [-0.39, 0.29) is 5.91 Å². The quantitative estimate of drug-likeness (QED) is 0.748. The van der Waals surface area contributed by atoms with Crippen LogP contribution in [-0.2, 0) is 4.74 Å². The number of benzene rings is 2. The zero-order chi connectivity index (χ0) is 18.8. The molecule has 1 aromatic heterocycles. The number of nitrogens with one attached hydrogen (secondary N) is 1. The van der Waals surface area contributed by atoms with Crippen LogP contribution < -0.4 is 10.2 Å². The van der Waals surface area contributed by atoms with Crippen LogP contribution in [0, 0.1) is 6.92 Å². The van der Waals surface area contributed by atoms with Gasteiger partial charge in [-0.25, -0.2) is 9.97 Å². The maximum absolute atomic E-state index is 13.0. The highest BCUT2D eigenvalue weighted by Crippen LogP contribution is 2.24. The molecule has 1 amide bonds. The summed E-state index contributed by atoms with van der Waals surface area (Å²) in [6, 6.07) is 13.0. The fourth-order valence-corrected chi connectivity index (χ4v) is 3.18. The molecule has 0 atom stereocenters. The molecule has 1 N–H and O–H groups in total. The number of carbonyl (C=O) groups is 1. The minimum atomic E-state index is -0.310. The first kappa shape index (κ1) is 17.7. The number of halogens is 1. The third-order valence-corrected chi connectivity index (χ3v) is 4.91. The summed E-state index contributed by atoms with van der Waals surface area (Å²) in [5, 5.41) is 3.49. The highest BCUT2D eigenvalue weighted by Gasteiger charge is 2.23. The van der Waals surface area contributed by atoms with Crippen LogP contribution in [0.15, 0.2) is 42.5 Å². The number of hydrogen-bond acceptors (Lipinski definition) is 5. The number of para-hydroxylation sites is 2. The molecule has 138 valence electrons. The second-order valence-electron chi connectivity index (χ2n) is 6.40. The minimum absolute atomic E-state index is 0.298. The van der Waals surface area contributed by atoms with E-state index < -0.39 is 0 Å². The summed E-state index contributed by atoms with van der Waals surface area (Å²) in [5.74, 6) is 0.266. The molecule has 6 nitrogen and oxygen atoms in total. The number of nitrogens with zero attached hydrogens (tertiary/aromatic N) is 3. The minimum Gasteiger partial charge on any atom is -0.378 e. The van der Waals surface area contributed by atoms with E-state index in [4.69, 9.17) is 21.3 Å². The lowest BCUT2D eigenvalue weighted by Gasteiger charge is -2.29. The van der Waals surface area contributed by atoms with Gasteiger partial charge < -0.3 is 15.0 Å². The summed E-state index contributed by atoms with van der Waals surface area (Å²) in [5.41, 5.74) is 3.32. The van der Waals surface area contributed by atoms with Crippen LogP contribution in [0.25, 0.3) is 11.0 Å². The van der Waals surface area contributed by atoms with Gasteiger partial charge in [-0.05, 0) is 36.8 Å².